The average molecular weight is 394 g/mol. The fourth-order valence-corrected chi connectivity index (χ4v) is 3.31. The van der Waals surface area contributed by atoms with E-state index in [1.807, 2.05) is 31.5 Å². The second-order valence-corrected chi connectivity index (χ2v) is 6.83. The second-order valence-electron chi connectivity index (χ2n) is 6.83. The van der Waals surface area contributed by atoms with Crippen molar-refractivity contribution < 1.29 is 13.2 Å². The summed E-state index contributed by atoms with van der Waals surface area (Å²) in [5.74, 6) is -0.423. The van der Waals surface area contributed by atoms with E-state index in [0.29, 0.717) is 11.3 Å². The summed E-state index contributed by atoms with van der Waals surface area (Å²) < 4.78 is 41.4. The van der Waals surface area contributed by atoms with Gasteiger partial charge in [0.1, 0.15) is 6.54 Å². The van der Waals surface area contributed by atoms with Crippen molar-refractivity contribution >= 4 is 13.0 Å². The third-order valence-electron chi connectivity index (χ3n) is 4.76. The van der Waals surface area contributed by atoms with E-state index in [1.165, 1.54) is 17.7 Å². The first kappa shape index (κ1) is 20.7. The molecule has 3 aromatic rings. The number of imidazole rings is 1. The van der Waals surface area contributed by atoms with Crippen LogP contribution in [0.5, 0.6) is 0 Å². The molecule has 2 aromatic carbocycles. The molecule has 1 aromatic heterocycles. The minimum Gasteiger partial charge on any atom is -0.330 e. The highest BCUT2D eigenvalue weighted by atomic mass is 19.4. The molecule has 0 saturated heterocycles. The monoisotopic (exact) mass is 394 g/mol. The number of hydrogen-bond donors (Lipinski definition) is 0. The molecule has 1 radical (unpaired) electrons. The van der Waals surface area contributed by atoms with E-state index in [0.717, 1.165) is 24.5 Å². The van der Waals surface area contributed by atoms with E-state index in [1.54, 1.807) is 23.0 Å². The summed E-state index contributed by atoms with van der Waals surface area (Å²) in [6, 6.07) is 15.3. The number of nitriles is 1. The zero-order chi connectivity index (χ0) is 20.9. The van der Waals surface area contributed by atoms with Crippen molar-refractivity contribution in [2.24, 2.45) is 0 Å². The Labute approximate surface area is 169 Å². The van der Waals surface area contributed by atoms with Crippen molar-refractivity contribution in [1.82, 2.24) is 9.55 Å². The maximum absolute atomic E-state index is 13.3. The topological polar surface area (TPSA) is 41.6 Å². The van der Waals surface area contributed by atoms with Gasteiger partial charge in [-0.2, -0.15) is 18.4 Å². The van der Waals surface area contributed by atoms with Crippen LogP contribution in [0.4, 0.5) is 13.2 Å². The number of aryl methyl sites for hydroxylation is 1. The first-order valence-electron chi connectivity index (χ1n) is 9.41. The zero-order valence-corrected chi connectivity index (χ0v) is 16.0. The van der Waals surface area contributed by atoms with Gasteiger partial charge in [-0.3, -0.25) is 4.98 Å². The quantitative estimate of drug-likeness (QED) is 0.554. The summed E-state index contributed by atoms with van der Waals surface area (Å²) in [4.78, 5) is 4.28. The molecule has 0 N–H and O–H groups in total. The molecule has 0 aliphatic heterocycles. The molecule has 29 heavy (non-hydrogen) atoms. The molecule has 3 rings (SSSR count). The average Bonchev–Trinajstić information content (AvgIpc) is 3.14. The van der Waals surface area contributed by atoms with Crippen LogP contribution in [0.2, 0.25) is 0 Å². The molecule has 0 bridgehead atoms. The van der Waals surface area contributed by atoms with Crippen molar-refractivity contribution in [1.29, 1.82) is 5.26 Å². The second kappa shape index (κ2) is 9.00. The van der Waals surface area contributed by atoms with Crippen LogP contribution in [0.1, 0.15) is 41.4 Å². The SMILES string of the molecule is CCCc1ccc(C([B]c2nccn2CC#N)c2cccc(C(F)(F)F)c2)cc1. The predicted molar refractivity (Wildman–Crippen MR) is 107 cm³/mol. The number of rotatable bonds is 7. The lowest BCUT2D eigenvalue weighted by molar-refractivity contribution is -0.137. The molecule has 0 saturated carbocycles. The maximum Gasteiger partial charge on any atom is 0.416 e. The van der Waals surface area contributed by atoms with Crippen molar-refractivity contribution in [3.63, 3.8) is 0 Å². The minimum absolute atomic E-state index is 0.122. The van der Waals surface area contributed by atoms with E-state index < -0.39 is 17.6 Å². The summed E-state index contributed by atoms with van der Waals surface area (Å²) in [5, 5.41) is 9.00. The largest absolute Gasteiger partial charge is 0.416 e. The number of aromatic nitrogens is 2. The van der Waals surface area contributed by atoms with Crippen LogP contribution in [-0.4, -0.2) is 16.8 Å². The lowest BCUT2D eigenvalue weighted by atomic mass is 9.58. The molecule has 3 nitrogen and oxygen atoms in total. The lowest BCUT2D eigenvalue weighted by Crippen LogP contribution is -2.31. The van der Waals surface area contributed by atoms with E-state index in [2.05, 4.69) is 18.0 Å². The van der Waals surface area contributed by atoms with Crippen LogP contribution in [0.15, 0.2) is 60.9 Å². The molecular formula is C22H20BF3N3. The van der Waals surface area contributed by atoms with Gasteiger partial charge >= 0.3 is 6.18 Å². The highest BCUT2D eigenvalue weighted by Gasteiger charge is 2.31. The summed E-state index contributed by atoms with van der Waals surface area (Å²) in [6.45, 7) is 2.22. The summed E-state index contributed by atoms with van der Waals surface area (Å²) in [7, 11) is 1.81. The van der Waals surface area contributed by atoms with Gasteiger partial charge in [-0.1, -0.05) is 55.8 Å². The van der Waals surface area contributed by atoms with Gasteiger partial charge < -0.3 is 4.57 Å². The number of halogens is 3. The molecule has 0 spiro atoms. The first-order valence-corrected chi connectivity index (χ1v) is 9.41. The van der Waals surface area contributed by atoms with E-state index in [4.69, 9.17) is 5.26 Å². The van der Waals surface area contributed by atoms with E-state index >= 15 is 0 Å². The van der Waals surface area contributed by atoms with Crippen molar-refractivity contribution in [2.75, 3.05) is 0 Å². The Morgan fingerprint density at radius 2 is 1.90 bits per heavy atom. The molecule has 7 heteroatoms. The van der Waals surface area contributed by atoms with Gasteiger partial charge in [-0.25, -0.2) is 0 Å². The summed E-state index contributed by atoms with van der Waals surface area (Å²) in [5.41, 5.74) is 2.44. The molecule has 0 amide bonds. The Kier molecular flexibility index (Phi) is 6.43. The zero-order valence-electron chi connectivity index (χ0n) is 16.0. The van der Waals surface area contributed by atoms with Gasteiger partial charge in [0.15, 0.2) is 0 Å². The molecule has 0 aliphatic carbocycles. The summed E-state index contributed by atoms with van der Waals surface area (Å²) >= 11 is 0. The van der Waals surface area contributed by atoms with Crippen LogP contribution in [-0.2, 0) is 19.1 Å². The molecule has 1 unspecified atom stereocenters. The Morgan fingerprint density at radius 3 is 2.55 bits per heavy atom. The van der Waals surface area contributed by atoms with Crippen molar-refractivity contribution in [3.05, 3.63) is 83.2 Å². The minimum atomic E-state index is -4.41. The van der Waals surface area contributed by atoms with Crippen LogP contribution >= 0.6 is 0 Å². The smallest absolute Gasteiger partial charge is 0.330 e. The Morgan fingerprint density at radius 1 is 1.14 bits per heavy atom. The normalized spacial score (nSPS) is 12.4. The number of nitrogens with zero attached hydrogens (tertiary/aromatic N) is 3. The molecule has 1 atom stereocenters. The predicted octanol–water partition coefficient (Wildman–Crippen LogP) is 4.50. The fraction of sp³-hybridized carbons (Fsp3) is 0.273. The van der Waals surface area contributed by atoms with Crippen LogP contribution < -0.4 is 5.72 Å². The van der Waals surface area contributed by atoms with Gasteiger partial charge in [0.2, 0.25) is 7.28 Å². The number of hydrogen-bond acceptors (Lipinski definition) is 2. The van der Waals surface area contributed by atoms with Gasteiger partial charge in [0, 0.05) is 12.4 Å². The highest BCUT2D eigenvalue weighted by molar-refractivity contribution is 6.54. The molecule has 1 heterocycles. The number of alkyl halides is 3. The first-order chi connectivity index (χ1) is 13.9. The molecule has 147 valence electrons. The van der Waals surface area contributed by atoms with Gasteiger partial charge in [-0.05, 0) is 35.0 Å². The van der Waals surface area contributed by atoms with Crippen LogP contribution in [0.3, 0.4) is 0 Å². The van der Waals surface area contributed by atoms with Crippen molar-refractivity contribution in [3.8, 4) is 6.07 Å². The van der Waals surface area contributed by atoms with Gasteiger partial charge in [-0.15, -0.1) is 0 Å². The van der Waals surface area contributed by atoms with Gasteiger partial charge in [0.05, 0.1) is 17.4 Å². The Balaban J connectivity index is 2.02. The maximum atomic E-state index is 13.3. The van der Waals surface area contributed by atoms with Gasteiger partial charge in [0.25, 0.3) is 0 Å². The Bertz CT molecular complexity index is 988. The van der Waals surface area contributed by atoms with Crippen LogP contribution in [0, 0.1) is 11.3 Å². The third kappa shape index (κ3) is 5.08. The molecule has 0 fully saturated rings. The summed E-state index contributed by atoms with van der Waals surface area (Å²) in [6.07, 6.45) is 0.822. The highest BCUT2D eigenvalue weighted by Crippen LogP contribution is 2.32. The fourth-order valence-electron chi connectivity index (χ4n) is 3.31. The lowest BCUT2D eigenvalue weighted by Gasteiger charge is -2.19. The standard InChI is InChI=1S/C22H20BF3N3/c1-2-4-16-7-9-17(10-8-16)20(23-21-28-12-14-29(21)13-11-27)18-5-3-6-19(15-18)22(24,25)26/h3,5-10,12,14-15,20H,2,4,13H2,1H3. The molecule has 0 aliphatic rings. The van der Waals surface area contributed by atoms with Crippen molar-refractivity contribution in [2.45, 2.75) is 38.3 Å². The van der Waals surface area contributed by atoms with E-state index in [9.17, 15) is 13.2 Å². The molecular weight excluding hydrogens is 374 g/mol. The third-order valence-corrected chi connectivity index (χ3v) is 4.76. The Hall–Kier alpha value is -3.01. The van der Waals surface area contributed by atoms with E-state index in [-0.39, 0.29) is 6.54 Å². The number of benzene rings is 2. The van der Waals surface area contributed by atoms with Crippen LogP contribution in [0.25, 0.3) is 0 Å².